The second-order valence-corrected chi connectivity index (χ2v) is 5.63. The van der Waals surface area contributed by atoms with E-state index in [1.807, 2.05) is 42.5 Å². The number of hydrogen-bond donors (Lipinski definition) is 0. The largest absolute Gasteiger partial charge is 0.464 e. The third-order valence-electron chi connectivity index (χ3n) is 4.01. The Morgan fingerprint density at radius 2 is 1.71 bits per heavy atom. The van der Waals surface area contributed by atoms with Gasteiger partial charge in [-0.3, -0.25) is 4.79 Å². The van der Waals surface area contributed by atoms with E-state index in [-0.39, 0.29) is 11.5 Å². The number of benzene rings is 2. The SMILES string of the molecule is COC(=O)c1cc(-c2ccc3ccccc3c2)c(C(C)=O)c(C)n1. The number of carbonyl (C=O) groups excluding carboxylic acids is 2. The molecule has 0 aliphatic rings. The van der Waals surface area contributed by atoms with Gasteiger partial charge in [0.25, 0.3) is 0 Å². The fourth-order valence-electron chi connectivity index (χ4n) is 2.91. The van der Waals surface area contributed by atoms with Crippen molar-refractivity contribution in [3.05, 3.63) is 65.5 Å². The summed E-state index contributed by atoms with van der Waals surface area (Å²) in [6, 6.07) is 15.6. The average Bonchev–Trinajstić information content (AvgIpc) is 2.59. The van der Waals surface area contributed by atoms with Gasteiger partial charge >= 0.3 is 5.97 Å². The van der Waals surface area contributed by atoms with Crippen LogP contribution in [0.25, 0.3) is 21.9 Å². The summed E-state index contributed by atoms with van der Waals surface area (Å²) in [4.78, 5) is 28.2. The second-order valence-electron chi connectivity index (χ2n) is 5.63. The van der Waals surface area contributed by atoms with Gasteiger partial charge < -0.3 is 4.74 Å². The van der Waals surface area contributed by atoms with Gasteiger partial charge in [-0.1, -0.05) is 36.4 Å². The number of nitrogens with zero attached hydrogens (tertiary/aromatic N) is 1. The average molecular weight is 319 g/mol. The summed E-state index contributed by atoms with van der Waals surface area (Å²) in [5.74, 6) is -0.602. The lowest BCUT2D eigenvalue weighted by molar-refractivity contribution is 0.0593. The standard InChI is InChI=1S/C20H17NO3/c1-12-19(13(2)22)17(11-18(21-12)20(23)24-3)16-9-8-14-6-4-5-7-15(14)10-16/h4-11H,1-3H3. The Balaban J connectivity index is 2.28. The summed E-state index contributed by atoms with van der Waals surface area (Å²) in [7, 11) is 1.31. The molecule has 0 aliphatic carbocycles. The highest BCUT2D eigenvalue weighted by Gasteiger charge is 2.18. The fraction of sp³-hybridized carbons (Fsp3) is 0.150. The molecular formula is C20H17NO3. The van der Waals surface area contributed by atoms with E-state index in [2.05, 4.69) is 4.98 Å². The van der Waals surface area contributed by atoms with E-state index in [1.54, 1.807) is 13.0 Å². The van der Waals surface area contributed by atoms with Gasteiger partial charge in [-0.25, -0.2) is 9.78 Å². The maximum absolute atomic E-state index is 12.1. The summed E-state index contributed by atoms with van der Waals surface area (Å²) in [5, 5.41) is 2.18. The van der Waals surface area contributed by atoms with Crippen LogP contribution in [-0.4, -0.2) is 23.8 Å². The molecule has 1 aromatic heterocycles. The van der Waals surface area contributed by atoms with Crippen LogP contribution in [0, 0.1) is 6.92 Å². The number of pyridine rings is 1. The maximum Gasteiger partial charge on any atom is 0.356 e. The molecule has 0 aliphatic heterocycles. The highest BCUT2D eigenvalue weighted by atomic mass is 16.5. The van der Waals surface area contributed by atoms with E-state index >= 15 is 0 Å². The van der Waals surface area contributed by atoms with Crippen molar-refractivity contribution < 1.29 is 14.3 Å². The second kappa shape index (κ2) is 6.24. The molecule has 0 amide bonds. The van der Waals surface area contributed by atoms with Crippen LogP contribution in [-0.2, 0) is 4.74 Å². The summed E-state index contributed by atoms with van der Waals surface area (Å²) in [5.41, 5.74) is 2.81. The predicted octanol–water partition coefficient (Wildman–Crippen LogP) is 4.20. The zero-order valence-electron chi connectivity index (χ0n) is 13.8. The molecule has 0 spiro atoms. The monoisotopic (exact) mass is 319 g/mol. The Kier molecular flexibility index (Phi) is 4.13. The molecule has 2 aromatic carbocycles. The Hall–Kier alpha value is -3.01. The molecule has 4 heteroatoms. The fourth-order valence-corrected chi connectivity index (χ4v) is 2.91. The Bertz CT molecular complexity index is 960. The number of aromatic nitrogens is 1. The molecule has 0 unspecified atom stereocenters. The van der Waals surface area contributed by atoms with Gasteiger partial charge in [0, 0.05) is 11.3 Å². The maximum atomic E-state index is 12.1. The first kappa shape index (κ1) is 15.9. The summed E-state index contributed by atoms with van der Waals surface area (Å²) >= 11 is 0. The number of carbonyl (C=O) groups is 2. The Morgan fingerprint density at radius 1 is 1.00 bits per heavy atom. The predicted molar refractivity (Wildman–Crippen MR) is 93.3 cm³/mol. The van der Waals surface area contributed by atoms with Crippen molar-refractivity contribution in [2.45, 2.75) is 13.8 Å². The minimum Gasteiger partial charge on any atom is -0.464 e. The van der Waals surface area contributed by atoms with Crippen molar-refractivity contribution >= 4 is 22.5 Å². The van der Waals surface area contributed by atoms with Crippen LogP contribution in [0.2, 0.25) is 0 Å². The van der Waals surface area contributed by atoms with Crippen molar-refractivity contribution in [3.63, 3.8) is 0 Å². The normalized spacial score (nSPS) is 10.6. The van der Waals surface area contributed by atoms with Gasteiger partial charge in [-0.15, -0.1) is 0 Å². The number of methoxy groups -OCH3 is 1. The lowest BCUT2D eigenvalue weighted by Gasteiger charge is -2.13. The molecule has 4 nitrogen and oxygen atoms in total. The zero-order chi connectivity index (χ0) is 17.3. The highest BCUT2D eigenvalue weighted by Crippen LogP contribution is 2.30. The molecule has 1 heterocycles. The third kappa shape index (κ3) is 2.78. The van der Waals surface area contributed by atoms with Crippen LogP contribution in [0.1, 0.15) is 33.5 Å². The molecule has 0 atom stereocenters. The lowest BCUT2D eigenvalue weighted by Crippen LogP contribution is -2.10. The number of ether oxygens (including phenoxy) is 1. The molecule has 3 rings (SSSR count). The van der Waals surface area contributed by atoms with Crippen LogP contribution in [0.15, 0.2) is 48.5 Å². The van der Waals surface area contributed by atoms with E-state index in [4.69, 9.17) is 4.74 Å². The van der Waals surface area contributed by atoms with Gasteiger partial charge in [0.2, 0.25) is 0 Å². The smallest absolute Gasteiger partial charge is 0.356 e. The molecule has 0 saturated carbocycles. The van der Waals surface area contributed by atoms with Crippen molar-refractivity contribution in [2.24, 2.45) is 0 Å². The van der Waals surface area contributed by atoms with Crippen molar-refractivity contribution in [2.75, 3.05) is 7.11 Å². The molecule has 120 valence electrons. The summed E-state index contributed by atoms with van der Waals surface area (Å²) < 4.78 is 4.77. The van der Waals surface area contributed by atoms with Crippen LogP contribution < -0.4 is 0 Å². The topological polar surface area (TPSA) is 56.3 Å². The first-order chi connectivity index (χ1) is 11.5. The number of ketones is 1. The number of esters is 1. The molecule has 0 fully saturated rings. The quantitative estimate of drug-likeness (QED) is 0.536. The van der Waals surface area contributed by atoms with Crippen molar-refractivity contribution in [1.29, 1.82) is 0 Å². The number of Topliss-reactive ketones (excluding diaryl/α,β-unsaturated/α-hetero) is 1. The van der Waals surface area contributed by atoms with E-state index in [1.165, 1.54) is 14.0 Å². The van der Waals surface area contributed by atoms with E-state index < -0.39 is 5.97 Å². The van der Waals surface area contributed by atoms with Crippen LogP contribution in [0.3, 0.4) is 0 Å². The van der Waals surface area contributed by atoms with Gasteiger partial charge in [0.15, 0.2) is 5.78 Å². The first-order valence-electron chi connectivity index (χ1n) is 7.61. The third-order valence-corrected chi connectivity index (χ3v) is 4.01. The molecule has 3 aromatic rings. The zero-order valence-corrected chi connectivity index (χ0v) is 13.8. The van der Waals surface area contributed by atoms with Gasteiger partial charge in [0.05, 0.1) is 7.11 Å². The number of rotatable bonds is 3. The number of fused-ring (bicyclic) bond motifs is 1. The van der Waals surface area contributed by atoms with E-state index in [0.717, 1.165) is 16.3 Å². The Labute approximate surface area is 140 Å². The summed E-state index contributed by atoms with van der Waals surface area (Å²) in [6.45, 7) is 3.24. The van der Waals surface area contributed by atoms with Gasteiger partial charge in [-0.05, 0) is 47.9 Å². The van der Waals surface area contributed by atoms with Crippen LogP contribution >= 0.6 is 0 Å². The first-order valence-corrected chi connectivity index (χ1v) is 7.61. The molecule has 0 saturated heterocycles. The number of hydrogen-bond acceptors (Lipinski definition) is 4. The van der Waals surface area contributed by atoms with Gasteiger partial charge in [-0.2, -0.15) is 0 Å². The minimum absolute atomic E-state index is 0.0837. The van der Waals surface area contributed by atoms with E-state index in [9.17, 15) is 9.59 Å². The van der Waals surface area contributed by atoms with E-state index in [0.29, 0.717) is 16.8 Å². The lowest BCUT2D eigenvalue weighted by atomic mass is 9.94. The molecule has 0 bridgehead atoms. The molecule has 0 radical (unpaired) electrons. The van der Waals surface area contributed by atoms with Crippen molar-refractivity contribution in [3.8, 4) is 11.1 Å². The number of aryl methyl sites for hydroxylation is 1. The molecular weight excluding hydrogens is 302 g/mol. The van der Waals surface area contributed by atoms with Crippen molar-refractivity contribution in [1.82, 2.24) is 4.98 Å². The molecule has 24 heavy (non-hydrogen) atoms. The van der Waals surface area contributed by atoms with Gasteiger partial charge in [0.1, 0.15) is 5.69 Å². The molecule has 0 N–H and O–H groups in total. The minimum atomic E-state index is -0.518. The van der Waals surface area contributed by atoms with Crippen LogP contribution in [0.5, 0.6) is 0 Å². The van der Waals surface area contributed by atoms with Crippen LogP contribution in [0.4, 0.5) is 0 Å². The highest BCUT2D eigenvalue weighted by molar-refractivity contribution is 6.04. The Morgan fingerprint density at radius 3 is 2.38 bits per heavy atom. The summed E-state index contributed by atoms with van der Waals surface area (Å²) in [6.07, 6.45) is 0.